The number of aromatic nitrogens is 1. The zero-order valence-corrected chi connectivity index (χ0v) is 27.1. The number of nitrogens with zero attached hydrogens (tertiary/aromatic N) is 3. The number of nitrogens with one attached hydrogen (secondary N) is 2. The predicted octanol–water partition coefficient (Wildman–Crippen LogP) is 5.99. The molecule has 1 aromatic heterocycles. The van der Waals surface area contributed by atoms with Crippen molar-refractivity contribution < 1.29 is 18.7 Å². The number of halogens is 3. The summed E-state index contributed by atoms with van der Waals surface area (Å²) >= 11 is 12.3. The molecule has 1 saturated carbocycles. The number of ether oxygens (including phenoxy) is 1. The number of methoxy groups -OCH3 is 1. The molecule has 2 aliphatic rings. The average molecular weight is 647 g/mol. The van der Waals surface area contributed by atoms with Crippen LogP contribution in [0.3, 0.4) is 0 Å². The van der Waals surface area contributed by atoms with Crippen molar-refractivity contribution in [3.05, 3.63) is 67.7 Å². The molecular weight excluding hydrogens is 608 g/mol. The Balaban J connectivity index is 1.54. The van der Waals surface area contributed by atoms with Gasteiger partial charge in [-0.15, -0.1) is 0 Å². The van der Waals surface area contributed by atoms with Gasteiger partial charge in [0.15, 0.2) is 11.6 Å². The maximum atomic E-state index is 16.1. The standard InChI is InChI=1S/C32H38Cl2FN5O4/c1-6-9-36-32(43)40-18(3)14-38(15-19(40)4)28-25(35)12-22-27(30(28)44-5)39(26-10-17(26)2)16-23(29(22)41)31(42)37-13-20-7-8-21(33)11-24(20)34/h7-8,11-12,16-19,26H,6,9-10,13-15H2,1-5H3,(H,36,43)(H,37,42). The first-order chi connectivity index (χ1) is 21.0. The number of carbonyl (C=O) groups excluding carboxylic acids is 2. The topological polar surface area (TPSA) is 95.9 Å². The highest BCUT2D eigenvalue weighted by Gasteiger charge is 2.39. The number of carbonyl (C=O) groups is 2. The molecule has 2 fully saturated rings. The first-order valence-corrected chi connectivity index (χ1v) is 15.7. The van der Waals surface area contributed by atoms with Crippen LogP contribution < -0.4 is 25.7 Å². The van der Waals surface area contributed by atoms with Crippen LogP contribution in [-0.2, 0) is 6.54 Å². The van der Waals surface area contributed by atoms with Crippen molar-refractivity contribution in [2.24, 2.45) is 5.92 Å². The highest BCUT2D eigenvalue weighted by atomic mass is 35.5. The van der Waals surface area contributed by atoms with Crippen LogP contribution in [0.2, 0.25) is 10.0 Å². The third kappa shape index (κ3) is 6.06. The van der Waals surface area contributed by atoms with E-state index in [9.17, 15) is 14.4 Å². The zero-order chi connectivity index (χ0) is 31.9. The molecule has 12 heteroatoms. The third-order valence-corrected chi connectivity index (χ3v) is 9.11. The molecule has 4 unspecified atom stereocenters. The molecule has 2 N–H and O–H groups in total. The molecule has 1 saturated heterocycles. The van der Waals surface area contributed by atoms with Gasteiger partial charge in [-0.3, -0.25) is 9.59 Å². The van der Waals surface area contributed by atoms with Gasteiger partial charge in [0.1, 0.15) is 11.3 Å². The van der Waals surface area contributed by atoms with Crippen LogP contribution in [0.4, 0.5) is 14.9 Å². The molecular formula is C32H38Cl2FN5O4. The van der Waals surface area contributed by atoms with E-state index in [0.29, 0.717) is 46.7 Å². The zero-order valence-electron chi connectivity index (χ0n) is 25.5. The molecule has 0 radical (unpaired) electrons. The monoisotopic (exact) mass is 645 g/mol. The number of amides is 3. The van der Waals surface area contributed by atoms with Crippen molar-refractivity contribution in [1.82, 2.24) is 20.1 Å². The van der Waals surface area contributed by atoms with Gasteiger partial charge in [0.25, 0.3) is 5.91 Å². The second-order valence-corrected chi connectivity index (χ2v) is 12.7. The normalized spacial score (nSPS) is 21.4. The van der Waals surface area contributed by atoms with Crippen molar-refractivity contribution >= 4 is 51.7 Å². The largest absolute Gasteiger partial charge is 0.492 e. The number of benzene rings is 2. The van der Waals surface area contributed by atoms with E-state index in [-0.39, 0.29) is 53.1 Å². The summed E-state index contributed by atoms with van der Waals surface area (Å²) in [6, 6.07) is 5.62. The fraction of sp³-hybridized carbons (Fsp3) is 0.469. The van der Waals surface area contributed by atoms with E-state index in [1.807, 2.05) is 30.2 Å². The number of hydrogen-bond donors (Lipinski definition) is 2. The van der Waals surface area contributed by atoms with Crippen molar-refractivity contribution in [3.8, 4) is 5.75 Å². The SMILES string of the molecule is CCCNC(=O)N1C(C)CN(c2c(F)cc3c(=O)c(C(=O)NCc4ccc(Cl)cc4Cl)cn(C4CC4C)c3c2OC)CC1C. The molecule has 3 amide bonds. The third-order valence-electron chi connectivity index (χ3n) is 8.52. The van der Waals surface area contributed by atoms with Gasteiger partial charge in [-0.1, -0.05) is 43.1 Å². The lowest BCUT2D eigenvalue weighted by atomic mass is 10.0. The Bertz CT molecular complexity index is 1650. The van der Waals surface area contributed by atoms with Crippen LogP contribution in [0.25, 0.3) is 10.9 Å². The highest BCUT2D eigenvalue weighted by molar-refractivity contribution is 6.35. The van der Waals surface area contributed by atoms with Gasteiger partial charge >= 0.3 is 6.03 Å². The average Bonchev–Trinajstić information content (AvgIpc) is 3.70. The van der Waals surface area contributed by atoms with Crippen LogP contribution in [0.5, 0.6) is 5.75 Å². The van der Waals surface area contributed by atoms with Gasteiger partial charge in [-0.2, -0.15) is 0 Å². The molecule has 9 nitrogen and oxygen atoms in total. The van der Waals surface area contributed by atoms with Gasteiger partial charge in [0.2, 0.25) is 5.43 Å². The second-order valence-electron chi connectivity index (χ2n) is 11.9. The Kier molecular flexibility index (Phi) is 9.32. The van der Waals surface area contributed by atoms with Crippen LogP contribution in [0.1, 0.15) is 62.5 Å². The Morgan fingerprint density at radius 2 is 1.77 bits per heavy atom. The van der Waals surface area contributed by atoms with Gasteiger partial charge in [0.05, 0.1) is 18.0 Å². The number of rotatable bonds is 8. The second kappa shape index (κ2) is 12.9. The molecule has 1 aliphatic carbocycles. The smallest absolute Gasteiger partial charge is 0.318 e. The molecule has 44 heavy (non-hydrogen) atoms. The summed E-state index contributed by atoms with van der Waals surface area (Å²) in [5.74, 6) is -0.684. The van der Waals surface area contributed by atoms with Gasteiger partial charge in [0, 0.05) is 60.5 Å². The molecule has 2 aromatic carbocycles. The minimum Gasteiger partial charge on any atom is -0.492 e. The van der Waals surface area contributed by atoms with Gasteiger partial charge in [-0.05, 0) is 56.4 Å². The number of hydrogen-bond acceptors (Lipinski definition) is 5. The van der Waals surface area contributed by atoms with Crippen LogP contribution >= 0.6 is 23.2 Å². The molecule has 0 bridgehead atoms. The van der Waals surface area contributed by atoms with E-state index < -0.39 is 17.2 Å². The highest BCUT2D eigenvalue weighted by Crippen LogP contribution is 2.47. The quantitative estimate of drug-likeness (QED) is 0.314. The van der Waals surface area contributed by atoms with E-state index >= 15 is 4.39 Å². The molecule has 5 rings (SSSR count). The summed E-state index contributed by atoms with van der Waals surface area (Å²) in [6.45, 7) is 9.36. The van der Waals surface area contributed by atoms with E-state index in [0.717, 1.165) is 12.8 Å². The van der Waals surface area contributed by atoms with E-state index in [1.54, 1.807) is 29.3 Å². The Labute approximate surface area is 266 Å². The summed E-state index contributed by atoms with van der Waals surface area (Å²) in [4.78, 5) is 43.6. The predicted molar refractivity (Wildman–Crippen MR) is 172 cm³/mol. The summed E-state index contributed by atoms with van der Waals surface area (Å²) in [6.07, 6.45) is 3.23. The van der Waals surface area contributed by atoms with Crippen molar-refractivity contribution in [3.63, 3.8) is 0 Å². The fourth-order valence-corrected chi connectivity index (χ4v) is 6.68. The number of anilines is 1. The maximum Gasteiger partial charge on any atom is 0.318 e. The van der Waals surface area contributed by atoms with E-state index in [1.165, 1.54) is 13.2 Å². The van der Waals surface area contributed by atoms with Crippen molar-refractivity contribution in [2.45, 2.75) is 65.2 Å². The molecule has 1 aliphatic heterocycles. The summed E-state index contributed by atoms with van der Waals surface area (Å²) in [5, 5.41) is 6.64. The lowest BCUT2D eigenvalue weighted by molar-refractivity contribution is 0.0949. The number of fused-ring (bicyclic) bond motifs is 1. The Morgan fingerprint density at radius 1 is 1.09 bits per heavy atom. The number of pyridine rings is 1. The Hall–Kier alpha value is -3.50. The van der Waals surface area contributed by atoms with Gasteiger partial charge < -0.3 is 29.7 Å². The molecule has 4 atom stereocenters. The lowest BCUT2D eigenvalue weighted by Crippen LogP contribution is -2.61. The van der Waals surface area contributed by atoms with Crippen LogP contribution in [0.15, 0.2) is 35.3 Å². The number of urea groups is 1. The van der Waals surface area contributed by atoms with Crippen LogP contribution in [-0.4, -0.2) is 60.2 Å². The summed E-state index contributed by atoms with van der Waals surface area (Å²) in [7, 11) is 1.46. The fourth-order valence-electron chi connectivity index (χ4n) is 6.21. The first-order valence-electron chi connectivity index (χ1n) is 14.9. The molecule has 0 spiro atoms. The van der Waals surface area contributed by atoms with E-state index in [2.05, 4.69) is 17.6 Å². The molecule has 2 heterocycles. The van der Waals surface area contributed by atoms with Crippen molar-refractivity contribution in [2.75, 3.05) is 31.6 Å². The van der Waals surface area contributed by atoms with E-state index in [4.69, 9.17) is 27.9 Å². The summed E-state index contributed by atoms with van der Waals surface area (Å²) in [5.41, 5.74) is 0.648. The molecule has 236 valence electrons. The minimum atomic E-state index is -0.629. The minimum absolute atomic E-state index is 0.0135. The first kappa shape index (κ1) is 31.9. The van der Waals surface area contributed by atoms with Crippen LogP contribution in [0, 0.1) is 11.7 Å². The summed E-state index contributed by atoms with van der Waals surface area (Å²) < 4.78 is 23.9. The Morgan fingerprint density at radius 3 is 2.36 bits per heavy atom. The molecule has 3 aromatic rings. The van der Waals surface area contributed by atoms with Gasteiger partial charge in [-0.25, -0.2) is 9.18 Å². The number of piperazine rings is 1. The lowest BCUT2D eigenvalue weighted by Gasteiger charge is -2.45. The maximum absolute atomic E-state index is 16.1. The van der Waals surface area contributed by atoms with Crippen molar-refractivity contribution in [1.29, 1.82) is 0 Å².